The van der Waals surface area contributed by atoms with Gasteiger partial charge in [-0.1, -0.05) is 36.4 Å². The highest BCUT2D eigenvalue weighted by molar-refractivity contribution is 6.12. The summed E-state index contributed by atoms with van der Waals surface area (Å²) in [5.41, 5.74) is 1.57. The molecule has 0 spiro atoms. The van der Waals surface area contributed by atoms with Gasteiger partial charge in [-0.2, -0.15) is 5.10 Å². The van der Waals surface area contributed by atoms with Crippen LogP contribution in [0.2, 0.25) is 0 Å². The number of aromatic nitrogens is 3. The number of rotatable bonds is 3. The Morgan fingerprint density at radius 3 is 2.35 bits per heavy atom. The summed E-state index contributed by atoms with van der Waals surface area (Å²) in [6.45, 7) is 0. The Bertz CT molecular complexity index is 1160. The fourth-order valence-corrected chi connectivity index (χ4v) is 2.94. The summed E-state index contributed by atoms with van der Waals surface area (Å²) < 4.78 is 3.11. The molecule has 0 aliphatic carbocycles. The number of aryl methyl sites for hydroxylation is 1. The zero-order chi connectivity index (χ0) is 18.1. The van der Waals surface area contributed by atoms with Gasteiger partial charge in [0.1, 0.15) is 0 Å². The van der Waals surface area contributed by atoms with Gasteiger partial charge >= 0.3 is 0 Å². The SMILES string of the molecule is Cn1cc(NC(=O)c2cn(-c3ccccc3)c(=O)c3ccccc23)cn1. The van der Waals surface area contributed by atoms with E-state index in [1.807, 2.05) is 36.4 Å². The molecule has 128 valence electrons. The molecular weight excluding hydrogens is 328 g/mol. The number of hydrogen-bond acceptors (Lipinski definition) is 3. The summed E-state index contributed by atoms with van der Waals surface area (Å²) in [5, 5.41) is 8.00. The third kappa shape index (κ3) is 2.77. The third-order valence-electron chi connectivity index (χ3n) is 4.17. The van der Waals surface area contributed by atoms with Crippen LogP contribution in [0.4, 0.5) is 5.69 Å². The molecule has 6 nitrogen and oxygen atoms in total. The average Bonchev–Trinajstić information content (AvgIpc) is 3.07. The number of pyridine rings is 1. The maximum absolute atomic E-state index is 12.9. The second kappa shape index (κ2) is 6.33. The number of carbonyl (C=O) groups is 1. The molecule has 0 radical (unpaired) electrons. The lowest BCUT2D eigenvalue weighted by Crippen LogP contribution is -2.22. The molecule has 4 aromatic rings. The highest BCUT2D eigenvalue weighted by Crippen LogP contribution is 2.19. The summed E-state index contributed by atoms with van der Waals surface area (Å²) in [6.07, 6.45) is 4.88. The van der Waals surface area contributed by atoms with Crippen molar-refractivity contribution in [1.29, 1.82) is 0 Å². The molecule has 0 unspecified atom stereocenters. The van der Waals surface area contributed by atoms with E-state index in [9.17, 15) is 9.59 Å². The van der Waals surface area contributed by atoms with E-state index in [0.717, 1.165) is 0 Å². The number of nitrogens with zero attached hydrogens (tertiary/aromatic N) is 3. The van der Waals surface area contributed by atoms with Gasteiger partial charge in [0, 0.05) is 35.9 Å². The van der Waals surface area contributed by atoms with E-state index < -0.39 is 0 Å². The summed E-state index contributed by atoms with van der Waals surface area (Å²) in [4.78, 5) is 25.8. The van der Waals surface area contributed by atoms with Crippen LogP contribution in [0, 0.1) is 0 Å². The van der Waals surface area contributed by atoms with E-state index in [-0.39, 0.29) is 11.5 Å². The van der Waals surface area contributed by atoms with E-state index in [1.165, 1.54) is 4.57 Å². The number of nitrogens with one attached hydrogen (secondary N) is 1. The third-order valence-corrected chi connectivity index (χ3v) is 4.17. The van der Waals surface area contributed by atoms with Gasteiger partial charge in [0.05, 0.1) is 17.4 Å². The first kappa shape index (κ1) is 15.8. The first-order chi connectivity index (χ1) is 12.6. The number of fused-ring (bicyclic) bond motifs is 1. The maximum Gasteiger partial charge on any atom is 0.262 e. The van der Waals surface area contributed by atoms with Crippen molar-refractivity contribution in [3.63, 3.8) is 0 Å². The number of amides is 1. The van der Waals surface area contributed by atoms with Crippen LogP contribution in [0.15, 0.2) is 78.0 Å². The van der Waals surface area contributed by atoms with Crippen LogP contribution in [-0.4, -0.2) is 20.3 Å². The molecule has 0 saturated carbocycles. The Morgan fingerprint density at radius 2 is 1.65 bits per heavy atom. The molecule has 26 heavy (non-hydrogen) atoms. The molecule has 0 fully saturated rings. The Labute approximate surface area is 149 Å². The van der Waals surface area contributed by atoms with Crippen LogP contribution < -0.4 is 10.9 Å². The van der Waals surface area contributed by atoms with Crippen molar-refractivity contribution in [3.05, 3.63) is 89.1 Å². The normalized spacial score (nSPS) is 10.8. The second-order valence-corrected chi connectivity index (χ2v) is 5.96. The lowest BCUT2D eigenvalue weighted by molar-refractivity contribution is 0.102. The first-order valence-electron chi connectivity index (χ1n) is 8.13. The van der Waals surface area contributed by atoms with E-state index >= 15 is 0 Å². The molecular formula is C20H16N4O2. The molecule has 0 saturated heterocycles. The average molecular weight is 344 g/mol. The number of para-hydroxylation sites is 1. The van der Waals surface area contributed by atoms with Crippen LogP contribution in [0.1, 0.15) is 10.4 Å². The lowest BCUT2D eigenvalue weighted by Gasteiger charge is -2.12. The Hall–Kier alpha value is -3.67. The van der Waals surface area contributed by atoms with Crippen LogP contribution in [0.5, 0.6) is 0 Å². The van der Waals surface area contributed by atoms with Crippen molar-refractivity contribution in [2.45, 2.75) is 0 Å². The quantitative estimate of drug-likeness (QED) is 0.621. The van der Waals surface area contributed by atoms with E-state index in [4.69, 9.17) is 0 Å². The molecule has 1 amide bonds. The molecule has 2 heterocycles. The largest absolute Gasteiger partial charge is 0.319 e. The predicted molar refractivity (Wildman–Crippen MR) is 101 cm³/mol. The lowest BCUT2D eigenvalue weighted by atomic mass is 10.1. The predicted octanol–water partition coefficient (Wildman–Crippen LogP) is 2.98. The number of carbonyl (C=O) groups excluding carboxylic acids is 1. The summed E-state index contributed by atoms with van der Waals surface area (Å²) in [6, 6.07) is 16.4. The van der Waals surface area contributed by atoms with Crippen molar-refractivity contribution in [2.24, 2.45) is 7.05 Å². The van der Waals surface area contributed by atoms with E-state index in [1.54, 1.807) is 48.5 Å². The van der Waals surface area contributed by atoms with Gasteiger partial charge in [-0.3, -0.25) is 18.8 Å². The second-order valence-electron chi connectivity index (χ2n) is 5.96. The van der Waals surface area contributed by atoms with Gasteiger partial charge in [0.15, 0.2) is 0 Å². The van der Waals surface area contributed by atoms with Crippen molar-refractivity contribution in [3.8, 4) is 5.69 Å². The van der Waals surface area contributed by atoms with Gasteiger partial charge in [-0.15, -0.1) is 0 Å². The molecule has 0 aliphatic rings. The monoisotopic (exact) mass is 344 g/mol. The number of benzene rings is 2. The van der Waals surface area contributed by atoms with Gasteiger partial charge in [0.25, 0.3) is 11.5 Å². The van der Waals surface area contributed by atoms with E-state index in [0.29, 0.717) is 27.7 Å². The Balaban J connectivity index is 1.89. The fourth-order valence-electron chi connectivity index (χ4n) is 2.94. The smallest absolute Gasteiger partial charge is 0.262 e. The minimum atomic E-state index is -0.293. The standard InChI is InChI=1S/C20H16N4O2/c1-23-12-14(11-21-23)22-19(25)18-13-24(15-7-3-2-4-8-15)20(26)17-10-6-5-9-16(17)18/h2-13H,1H3,(H,22,25). The summed E-state index contributed by atoms with van der Waals surface area (Å²) in [7, 11) is 1.78. The van der Waals surface area contributed by atoms with Crippen molar-refractivity contribution in [1.82, 2.24) is 14.3 Å². The van der Waals surface area contributed by atoms with Crippen molar-refractivity contribution in [2.75, 3.05) is 5.32 Å². The van der Waals surface area contributed by atoms with E-state index in [2.05, 4.69) is 10.4 Å². The van der Waals surface area contributed by atoms with Crippen LogP contribution in [-0.2, 0) is 7.05 Å². The maximum atomic E-state index is 12.9. The zero-order valence-electron chi connectivity index (χ0n) is 14.1. The zero-order valence-corrected chi connectivity index (χ0v) is 14.1. The number of anilines is 1. The van der Waals surface area contributed by atoms with Crippen molar-refractivity contribution < 1.29 is 4.79 Å². The molecule has 2 aromatic carbocycles. The minimum absolute atomic E-state index is 0.162. The van der Waals surface area contributed by atoms with Crippen LogP contribution in [0.3, 0.4) is 0 Å². The van der Waals surface area contributed by atoms with Gasteiger partial charge in [0.2, 0.25) is 0 Å². The highest BCUT2D eigenvalue weighted by Gasteiger charge is 2.16. The Morgan fingerprint density at radius 1 is 0.962 bits per heavy atom. The molecule has 0 atom stereocenters. The highest BCUT2D eigenvalue weighted by atomic mass is 16.2. The molecule has 6 heteroatoms. The minimum Gasteiger partial charge on any atom is -0.319 e. The van der Waals surface area contributed by atoms with Gasteiger partial charge < -0.3 is 5.32 Å². The molecule has 1 N–H and O–H groups in total. The summed E-state index contributed by atoms with van der Waals surface area (Å²) >= 11 is 0. The van der Waals surface area contributed by atoms with Gasteiger partial charge in [-0.25, -0.2) is 0 Å². The van der Waals surface area contributed by atoms with Crippen molar-refractivity contribution >= 4 is 22.4 Å². The fraction of sp³-hybridized carbons (Fsp3) is 0.0500. The number of hydrogen-bond donors (Lipinski definition) is 1. The molecule has 0 aliphatic heterocycles. The summed E-state index contributed by atoms with van der Waals surface area (Å²) in [5.74, 6) is -0.293. The van der Waals surface area contributed by atoms with Crippen LogP contribution >= 0.6 is 0 Å². The Kier molecular flexibility index (Phi) is 3.85. The molecule has 0 bridgehead atoms. The first-order valence-corrected chi connectivity index (χ1v) is 8.13. The van der Waals surface area contributed by atoms with Crippen LogP contribution in [0.25, 0.3) is 16.5 Å². The molecule has 4 rings (SSSR count). The van der Waals surface area contributed by atoms with Gasteiger partial charge in [-0.05, 0) is 18.2 Å². The topological polar surface area (TPSA) is 68.9 Å². The molecule has 2 aromatic heterocycles.